The molecule has 1 rings (SSSR count). The minimum absolute atomic E-state index is 0.101. The third-order valence-electron chi connectivity index (χ3n) is 1.80. The van der Waals surface area contributed by atoms with Crippen LogP contribution in [0.15, 0.2) is 5.16 Å². The van der Waals surface area contributed by atoms with Gasteiger partial charge in [0.05, 0.1) is 0 Å². The van der Waals surface area contributed by atoms with Crippen molar-refractivity contribution >= 4 is 12.1 Å². The molecule has 0 aromatic carbocycles. The van der Waals surface area contributed by atoms with E-state index < -0.39 is 0 Å². The number of oxime groups is 1. The van der Waals surface area contributed by atoms with Crippen LogP contribution in [-0.2, 0) is 9.63 Å². The smallest absolute Gasteiger partial charge is 0.268 e. The van der Waals surface area contributed by atoms with Crippen LogP contribution in [0.5, 0.6) is 0 Å². The number of hydrogen-bond acceptors (Lipinski definition) is 3. The van der Waals surface area contributed by atoms with Crippen molar-refractivity contribution in [2.24, 2.45) is 5.16 Å². The minimum atomic E-state index is -0.102. The van der Waals surface area contributed by atoms with Crippen molar-refractivity contribution in [3.8, 4) is 12.3 Å². The van der Waals surface area contributed by atoms with E-state index in [1.165, 1.54) is 6.21 Å². The highest BCUT2D eigenvalue weighted by atomic mass is 16.6. The minimum Gasteiger partial charge on any atom is -0.383 e. The summed E-state index contributed by atoms with van der Waals surface area (Å²) in [5, 5.41) is 3.45. The van der Waals surface area contributed by atoms with Crippen LogP contribution >= 0.6 is 0 Å². The quantitative estimate of drug-likeness (QED) is 0.270. The van der Waals surface area contributed by atoms with Crippen LogP contribution in [0.2, 0.25) is 0 Å². The first-order chi connectivity index (χ1) is 6.34. The van der Waals surface area contributed by atoms with Gasteiger partial charge in [0, 0.05) is 13.1 Å². The Bertz CT molecular complexity index is 236. The molecule has 1 aliphatic heterocycles. The molecule has 1 saturated heterocycles. The highest BCUT2D eigenvalue weighted by Gasteiger charge is 2.15. The van der Waals surface area contributed by atoms with Gasteiger partial charge in [-0.3, -0.25) is 4.79 Å². The van der Waals surface area contributed by atoms with Gasteiger partial charge in [-0.1, -0.05) is 11.1 Å². The van der Waals surface area contributed by atoms with Crippen molar-refractivity contribution in [3.05, 3.63) is 0 Å². The second kappa shape index (κ2) is 5.20. The lowest BCUT2D eigenvalue weighted by atomic mass is 10.4. The third kappa shape index (κ3) is 3.16. The molecular formula is C9H12N2O2. The Balaban J connectivity index is 2.24. The molecule has 0 atom stereocenters. The van der Waals surface area contributed by atoms with Crippen LogP contribution in [0.1, 0.15) is 12.8 Å². The van der Waals surface area contributed by atoms with Crippen LogP contribution < -0.4 is 0 Å². The Morgan fingerprint density at radius 3 is 2.92 bits per heavy atom. The fourth-order valence-electron chi connectivity index (χ4n) is 1.18. The molecule has 1 amide bonds. The van der Waals surface area contributed by atoms with Gasteiger partial charge < -0.3 is 9.74 Å². The molecule has 0 spiro atoms. The van der Waals surface area contributed by atoms with Crippen LogP contribution in [0.3, 0.4) is 0 Å². The highest BCUT2D eigenvalue weighted by Crippen LogP contribution is 2.06. The molecule has 0 unspecified atom stereocenters. The van der Waals surface area contributed by atoms with E-state index in [2.05, 4.69) is 15.9 Å². The van der Waals surface area contributed by atoms with Crippen molar-refractivity contribution in [3.63, 3.8) is 0 Å². The Morgan fingerprint density at radius 1 is 1.62 bits per heavy atom. The number of likely N-dealkylation sites (tertiary alicyclic amines) is 1. The first-order valence-corrected chi connectivity index (χ1v) is 4.22. The first kappa shape index (κ1) is 9.59. The molecule has 1 fully saturated rings. The van der Waals surface area contributed by atoms with E-state index in [-0.39, 0.29) is 12.5 Å². The van der Waals surface area contributed by atoms with Crippen LogP contribution in [-0.4, -0.2) is 36.7 Å². The van der Waals surface area contributed by atoms with Crippen molar-refractivity contribution in [2.45, 2.75) is 12.8 Å². The van der Waals surface area contributed by atoms with E-state index in [0.29, 0.717) is 0 Å². The van der Waals surface area contributed by atoms with Gasteiger partial charge >= 0.3 is 0 Å². The van der Waals surface area contributed by atoms with Gasteiger partial charge in [0.15, 0.2) is 6.61 Å². The SMILES string of the molecule is C#CCON=CC(=O)N1CCCC1. The molecule has 0 aromatic rings. The number of hydrogen-bond donors (Lipinski definition) is 0. The maximum atomic E-state index is 11.3. The van der Waals surface area contributed by atoms with Gasteiger partial charge in [-0.2, -0.15) is 0 Å². The van der Waals surface area contributed by atoms with Crippen LogP contribution in [0.4, 0.5) is 0 Å². The molecule has 0 aliphatic carbocycles. The fourth-order valence-corrected chi connectivity index (χ4v) is 1.18. The van der Waals surface area contributed by atoms with E-state index in [1.54, 1.807) is 4.90 Å². The topological polar surface area (TPSA) is 41.9 Å². The van der Waals surface area contributed by atoms with Crippen LogP contribution in [0, 0.1) is 12.3 Å². The largest absolute Gasteiger partial charge is 0.383 e. The van der Waals surface area contributed by atoms with E-state index in [1.807, 2.05) is 0 Å². The molecule has 4 nitrogen and oxygen atoms in total. The van der Waals surface area contributed by atoms with Crippen molar-refractivity contribution in [1.82, 2.24) is 4.90 Å². The number of terminal acetylenes is 1. The zero-order chi connectivity index (χ0) is 9.52. The molecular weight excluding hydrogens is 168 g/mol. The van der Waals surface area contributed by atoms with Gasteiger partial charge in [-0.25, -0.2) is 0 Å². The van der Waals surface area contributed by atoms with E-state index in [4.69, 9.17) is 6.42 Å². The Hall–Kier alpha value is -1.50. The predicted octanol–water partition coefficient (Wildman–Crippen LogP) is 0.244. The van der Waals surface area contributed by atoms with Gasteiger partial charge in [0.2, 0.25) is 0 Å². The summed E-state index contributed by atoms with van der Waals surface area (Å²) in [6.45, 7) is 1.74. The normalized spacial score (nSPS) is 16.1. The maximum absolute atomic E-state index is 11.3. The highest BCUT2D eigenvalue weighted by molar-refractivity contribution is 6.26. The second-order valence-electron chi connectivity index (χ2n) is 2.74. The van der Waals surface area contributed by atoms with Gasteiger partial charge in [0.25, 0.3) is 5.91 Å². The average molecular weight is 180 g/mol. The van der Waals surface area contributed by atoms with E-state index in [9.17, 15) is 4.79 Å². The van der Waals surface area contributed by atoms with Gasteiger partial charge in [0.1, 0.15) is 6.21 Å². The summed E-state index contributed by atoms with van der Waals surface area (Å²) in [6.07, 6.45) is 8.24. The number of rotatable bonds is 3. The molecule has 1 heterocycles. The summed E-state index contributed by atoms with van der Waals surface area (Å²) in [5.74, 6) is 2.15. The second-order valence-corrected chi connectivity index (χ2v) is 2.74. The molecule has 1 aliphatic rings. The number of carbonyl (C=O) groups is 1. The predicted molar refractivity (Wildman–Crippen MR) is 49.1 cm³/mol. The number of carbonyl (C=O) groups excluding carboxylic acids is 1. The lowest BCUT2D eigenvalue weighted by Gasteiger charge is -2.10. The molecule has 4 heteroatoms. The average Bonchev–Trinajstić information content (AvgIpc) is 2.65. The molecule has 13 heavy (non-hydrogen) atoms. The van der Waals surface area contributed by atoms with E-state index >= 15 is 0 Å². The molecule has 0 radical (unpaired) electrons. The van der Waals surface area contributed by atoms with Crippen molar-refractivity contribution in [2.75, 3.05) is 19.7 Å². The van der Waals surface area contributed by atoms with Gasteiger partial charge in [-0.15, -0.1) is 6.42 Å². The summed E-state index contributed by atoms with van der Waals surface area (Å²) in [7, 11) is 0. The van der Waals surface area contributed by atoms with E-state index in [0.717, 1.165) is 25.9 Å². The molecule has 0 saturated carbocycles. The van der Waals surface area contributed by atoms with Crippen LogP contribution in [0.25, 0.3) is 0 Å². The summed E-state index contributed by atoms with van der Waals surface area (Å²) in [4.78, 5) is 17.6. The standard InChI is InChI=1S/C9H12N2O2/c1-2-7-13-10-8-9(12)11-5-3-4-6-11/h1,8H,3-7H2. The Morgan fingerprint density at radius 2 is 2.31 bits per heavy atom. The lowest BCUT2D eigenvalue weighted by molar-refractivity contribution is -0.122. The molecule has 0 N–H and O–H groups in total. The van der Waals surface area contributed by atoms with Crippen molar-refractivity contribution < 1.29 is 9.63 Å². The summed E-state index contributed by atoms with van der Waals surface area (Å²) in [6, 6.07) is 0. The molecule has 70 valence electrons. The molecule has 0 aromatic heterocycles. The summed E-state index contributed by atoms with van der Waals surface area (Å²) >= 11 is 0. The first-order valence-electron chi connectivity index (χ1n) is 4.22. The summed E-state index contributed by atoms with van der Waals surface area (Å²) < 4.78 is 0. The lowest BCUT2D eigenvalue weighted by Crippen LogP contribution is -2.28. The fraction of sp³-hybridized carbons (Fsp3) is 0.556. The Labute approximate surface area is 77.5 Å². The monoisotopic (exact) mass is 180 g/mol. The maximum Gasteiger partial charge on any atom is 0.268 e. The Kier molecular flexibility index (Phi) is 3.83. The zero-order valence-electron chi connectivity index (χ0n) is 7.40. The number of amides is 1. The summed E-state index contributed by atoms with van der Waals surface area (Å²) in [5.41, 5.74) is 0. The number of nitrogens with zero attached hydrogens (tertiary/aromatic N) is 2. The van der Waals surface area contributed by atoms with Crippen molar-refractivity contribution in [1.29, 1.82) is 0 Å². The third-order valence-corrected chi connectivity index (χ3v) is 1.80. The molecule has 0 bridgehead atoms. The zero-order valence-corrected chi connectivity index (χ0v) is 7.40. The van der Waals surface area contributed by atoms with Gasteiger partial charge in [-0.05, 0) is 12.8 Å².